The van der Waals surface area contributed by atoms with Crippen molar-refractivity contribution in [3.8, 4) is 5.75 Å². The summed E-state index contributed by atoms with van der Waals surface area (Å²) in [4.78, 5) is 57.9. The number of ether oxygens (including phenoxy) is 1. The smallest absolute Gasteiger partial charge is 0.418 e. The van der Waals surface area contributed by atoms with Crippen LogP contribution in [0.2, 0.25) is 0 Å². The Morgan fingerprint density at radius 1 is 0.958 bits per heavy atom. The van der Waals surface area contributed by atoms with Crippen LogP contribution < -0.4 is 19.8 Å². The Balaban J connectivity index is 1.03. The first-order valence-corrected chi connectivity index (χ1v) is 17.2. The zero-order valence-electron chi connectivity index (χ0n) is 25.3. The van der Waals surface area contributed by atoms with Crippen molar-refractivity contribution in [2.45, 2.75) is 35.7 Å². The standard InChI is InChI=1S/C35H28F3N3O5S2/c1-16-6-10-18(11-7-16)41-32(43)27-20-14-21(28(27)33(41)44)29-26(20)25(30-31(47-29)40-34(45)48-30)17-8-12-19(13-9-17)46-15-24(42)39-23-5-3-2-4-22(23)35(36,37)38/h2-13,20-21,25-29H,14-15H2,1H3,(H,39,42)(H,40,45)/t20?,21?,25-,26?,27?,28?,29?/m1/s1. The maximum Gasteiger partial charge on any atom is 0.418 e. The lowest BCUT2D eigenvalue weighted by molar-refractivity contribution is -0.137. The second-order valence-electron chi connectivity index (χ2n) is 12.8. The van der Waals surface area contributed by atoms with E-state index < -0.39 is 36.1 Å². The fraction of sp³-hybridized carbons (Fsp3) is 0.314. The summed E-state index contributed by atoms with van der Waals surface area (Å²) in [7, 11) is 0. The number of hydrogen-bond donors (Lipinski definition) is 2. The molecule has 7 atom stereocenters. The van der Waals surface area contributed by atoms with Gasteiger partial charge in [-0.25, -0.2) is 0 Å². The van der Waals surface area contributed by atoms with Crippen molar-refractivity contribution in [3.63, 3.8) is 0 Å². The highest BCUT2D eigenvalue weighted by Crippen LogP contribution is 2.68. The van der Waals surface area contributed by atoms with Crippen LogP contribution in [-0.2, 0) is 20.6 Å². The quantitative estimate of drug-likeness (QED) is 0.225. The zero-order valence-corrected chi connectivity index (χ0v) is 27.0. The molecule has 48 heavy (non-hydrogen) atoms. The molecule has 2 bridgehead atoms. The lowest BCUT2D eigenvalue weighted by Gasteiger charge is -2.43. The molecule has 3 amide bonds. The number of alkyl halides is 3. The first-order valence-electron chi connectivity index (χ1n) is 15.5. The number of anilines is 2. The Hall–Kier alpha value is -4.36. The summed E-state index contributed by atoms with van der Waals surface area (Å²) >= 11 is 2.77. The number of fused-ring (bicyclic) bond motifs is 9. The minimum atomic E-state index is -4.62. The summed E-state index contributed by atoms with van der Waals surface area (Å²) in [6.45, 7) is 1.45. The number of hydrogen-bond acceptors (Lipinski definition) is 7. The zero-order chi connectivity index (χ0) is 33.5. The van der Waals surface area contributed by atoms with E-state index in [1.807, 2.05) is 43.3 Å². The number of aryl methyl sites for hydroxylation is 1. The van der Waals surface area contributed by atoms with Gasteiger partial charge in [0.2, 0.25) is 11.8 Å². The van der Waals surface area contributed by atoms with Crippen molar-refractivity contribution >= 4 is 52.2 Å². The molecule has 3 aromatic carbocycles. The summed E-state index contributed by atoms with van der Waals surface area (Å²) in [5.41, 5.74) is 1.24. The molecule has 2 N–H and O–H groups in total. The van der Waals surface area contributed by atoms with Crippen LogP contribution >= 0.6 is 23.1 Å². The lowest BCUT2D eigenvalue weighted by atomic mass is 9.68. The highest BCUT2D eigenvalue weighted by Gasteiger charge is 2.69. The van der Waals surface area contributed by atoms with Crippen molar-refractivity contribution < 1.29 is 32.3 Å². The number of aromatic nitrogens is 1. The van der Waals surface area contributed by atoms with Gasteiger partial charge in [0.05, 0.1) is 33.8 Å². The molecule has 246 valence electrons. The van der Waals surface area contributed by atoms with Gasteiger partial charge in [-0.15, -0.1) is 11.8 Å². The number of thiazole rings is 1. The number of rotatable bonds is 6. The lowest BCUT2D eigenvalue weighted by Crippen LogP contribution is -2.42. The SMILES string of the molecule is Cc1ccc(N2C(=O)C3C4CC(C3C2=O)C2C4Sc3[nH]c(=O)sc3[C@@H]2c2ccc(OCC(=O)Nc3ccccc3C(F)(F)F)cc2)cc1. The van der Waals surface area contributed by atoms with Crippen LogP contribution in [0, 0.1) is 36.5 Å². The summed E-state index contributed by atoms with van der Waals surface area (Å²) in [5, 5.41) is 3.10. The summed E-state index contributed by atoms with van der Waals surface area (Å²) in [5.74, 6) is -1.74. The molecule has 13 heteroatoms. The highest BCUT2D eigenvalue weighted by molar-refractivity contribution is 8.00. The van der Waals surface area contributed by atoms with Gasteiger partial charge in [0.15, 0.2) is 6.61 Å². The van der Waals surface area contributed by atoms with E-state index in [9.17, 15) is 32.3 Å². The number of carbonyl (C=O) groups excluding carboxylic acids is 3. The number of para-hydroxylation sites is 1. The number of halogens is 3. The molecule has 0 spiro atoms. The molecule has 1 saturated heterocycles. The normalized spacial score (nSPS) is 27.1. The molecule has 2 aliphatic heterocycles. The van der Waals surface area contributed by atoms with Crippen molar-refractivity contribution in [3.05, 3.63) is 104 Å². The molecule has 4 aliphatic rings. The molecule has 4 aromatic rings. The van der Waals surface area contributed by atoms with Gasteiger partial charge in [0.25, 0.3) is 5.91 Å². The summed E-state index contributed by atoms with van der Waals surface area (Å²) < 4.78 is 45.6. The largest absolute Gasteiger partial charge is 0.484 e. The average molecular weight is 692 g/mol. The van der Waals surface area contributed by atoms with Crippen LogP contribution in [0.1, 0.15) is 33.9 Å². The Morgan fingerprint density at radius 2 is 1.65 bits per heavy atom. The third-order valence-electron chi connectivity index (χ3n) is 10.1. The van der Waals surface area contributed by atoms with Crippen LogP contribution in [0.5, 0.6) is 5.75 Å². The van der Waals surface area contributed by atoms with E-state index in [1.54, 1.807) is 23.9 Å². The van der Waals surface area contributed by atoms with Crippen molar-refractivity contribution in [1.82, 2.24) is 4.98 Å². The molecule has 2 aliphatic carbocycles. The van der Waals surface area contributed by atoms with E-state index in [-0.39, 0.29) is 51.3 Å². The molecule has 3 heterocycles. The Bertz CT molecular complexity index is 2010. The Kier molecular flexibility index (Phi) is 7.33. The minimum absolute atomic E-state index is 0.00968. The molecule has 8 nitrogen and oxygen atoms in total. The summed E-state index contributed by atoms with van der Waals surface area (Å²) in [6, 6.07) is 19.3. The second kappa shape index (κ2) is 11.4. The van der Waals surface area contributed by atoms with E-state index in [0.717, 1.165) is 44.9 Å². The Labute approximate surface area is 280 Å². The van der Waals surface area contributed by atoms with Gasteiger partial charge in [0.1, 0.15) is 5.75 Å². The van der Waals surface area contributed by atoms with Crippen LogP contribution in [-0.4, -0.2) is 34.6 Å². The maximum absolute atomic E-state index is 13.9. The molecule has 3 fully saturated rings. The third kappa shape index (κ3) is 4.97. The van der Waals surface area contributed by atoms with Gasteiger partial charge in [-0.3, -0.25) is 24.1 Å². The van der Waals surface area contributed by atoms with E-state index in [0.29, 0.717) is 11.4 Å². The molecule has 0 radical (unpaired) electrons. The molecule has 8 rings (SSSR count). The van der Waals surface area contributed by atoms with Gasteiger partial charge in [-0.1, -0.05) is 53.3 Å². The first kappa shape index (κ1) is 30.9. The van der Waals surface area contributed by atoms with E-state index >= 15 is 0 Å². The van der Waals surface area contributed by atoms with E-state index in [4.69, 9.17) is 4.74 Å². The first-order chi connectivity index (χ1) is 23.0. The number of benzene rings is 3. The van der Waals surface area contributed by atoms with Gasteiger partial charge >= 0.3 is 11.0 Å². The van der Waals surface area contributed by atoms with E-state index in [1.165, 1.54) is 23.1 Å². The molecule has 1 aromatic heterocycles. The summed E-state index contributed by atoms with van der Waals surface area (Å²) in [6.07, 6.45) is -3.86. The topological polar surface area (TPSA) is 109 Å². The van der Waals surface area contributed by atoms with Crippen LogP contribution in [0.4, 0.5) is 24.5 Å². The van der Waals surface area contributed by atoms with Gasteiger partial charge in [-0.05, 0) is 73.1 Å². The number of imide groups is 1. The third-order valence-corrected chi connectivity index (χ3v) is 12.7. The van der Waals surface area contributed by atoms with Crippen molar-refractivity contribution in [2.24, 2.45) is 29.6 Å². The predicted molar refractivity (Wildman–Crippen MR) is 174 cm³/mol. The van der Waals surface area contributed by atoms with Crippen LogP contribution in [0.25, 0.3) is 0 Å². The van der Waals surface area contributed by atoms with Crippen molar-refractivity contribution in [1.29, 1.82) is 0 Å². The maximum atomic E-state index is 13.9. The van der Waals surface area contributed by atoms with Gasteiger partial charge in [-0.2, -0.15) is 13.2 Å². The van der Waals surface area contributed by atoms with E-state index in [2.05, 4.69) is 10.3 Å². The van der Waals surface area contributed by atoms with Gasteiger partial charge < -0.3 is 15.0 Å². The number of amides is 3. The second-order valence-corrected chi connectivity index (χ2v) is 15.0. The number of carbonyl (C=O) groups is 3. The monoisotopic (exact) mass is 691 g/mol. The molecular weight excluding hydrogens is 664 g/mol. The highest BCUT2D eigenvalue weighted by atomic mass is 32.2. The fourth-order valence-electron chi connectivity index (χ4n) is 8.28. The fourth-order valence-corrected chi connectivity index (χ4v) is 11.2. The number of H-pyrrole nitrogens is 1. The van der Waals surface area contributed by atoms with Crippen LogP contribution in [0.15, 0.2) is 82.6 Å². The van der Waals surface area contributed by atoms with Crippen LogP contribution in [0.3, 0.4) is 0 Å². The average Bonchev–Trinajstić information content (AvgIpc) is 3.79. The minimum Gasteiger partial charge on any atom is -0.484 e. The van der Waals surface area contributed by atoms with Gasteiger partial charge in [0, 0.05) is 16.0 Å². The molecular formula is C35H28F3N3O5S2. The predicted octanol–water partition coefficient (Wildman–Crippen LogP) is 6.46. The number of aromatic amines is 1. The number of nitrogens with zero attached hydrogens (tertiary/aromatic N) is 1. The molecule has 2 saturated carbocycles. The number of nitrogens with one attached hydrogen (secondary N) is 2. The van der Waals surface area contributed by atoms with Crippen molar-refractivity contribution in [2.75, 3.05) is 16.8 Å². The Morgan fingerprint density at radius 3 is 2.35 bits per heavy atom. The number of thioether (sulfide) groups is 1. The molecule has 6 unspecified atom stereocenters.